The average Bonchev–Trinajstić information content (AvgIpc) is 3.41. The highest BCUT2D eigenvalue weighted by Gasteiger charge is 2.53. The van der Waals surface area contributed by atoms with Crippen LogP contribution < -0.4 is 0 Å². The number of amides is 3. The number of hydrogen-bond donors (Lipinski definition) is 0. The standard InChI is InChI=1S/C28H30N4O3/c1-30-17-15-29-26(30)23-10-6-7-16-32(23)25(34)19-28(18-24(33)31(2)27(28)35)22-13-11-21(12-14-22)20-8-4-3-5-9-20/h3-5,8-9,11-15,17,23H,6-7,10,16,18-19H2,1-2H3/t23-,28-/m1/s1. The van der Waals surface area contributed by atoms with Crippen LogP contribution in [0.4, 0.5) is 0 Å². The first-order chi connectivity index (χ1) is 16.9. The summed E-state index contributed by atoms with van der Waals surface area (Å²) in [6.45, 7) is 0.622. The van der Waals surface area contributed by atoms with E-state index in [9.17, 15) is 14.4 Å². The number of aromatic nitrogens is 2. The van der Waals surface area contributed by atoms with Crippen molar-refractivity contribution in [2.45, 2.75) is 43.6 Å². The molecule has 3 heterocycles. The van der Waals surface area contributed by atoms with Crippen molar-refractivity contribution in [1.82, 2.24) is 19.4 Å². The smallest absolute Gasteiger partial charge is 0.240 e. The number of benzene rings is 2. The number of likely N-dealkylation sites (N-methyl/N-ethyl adjacent to an activating group) is 1. The summed E-state index contributed by atoms with van der Waals surface area (Å²) < 4.78 is 1.95. The van der Waals surface area contributed by atoms with E-state index in [1.807, 2.05) is 77.3 Å². The number of carbonyl (C=O) groups excluding carboxylic acids is 3. The molecule has 2 fully saturated rings. The van der Waals surface area contributed by atoms with Crippen molar-refractivity contribution < 1.29 is 14.4 Å². The van der Waals surface area contributed by atoms with Gasteiger partial charge in [0.25, 0.3) is 0 Å². The van der Waals surface area contributed by atoms with Gasteiger partial charge in [0.1, 0.15) is 5.82 Å². The van der Waals surface area contributed by atoms with Crippen molar-refractivity contribution in [2.75, 3.05) is 13.6 Å². The molecule has 180 valence electrons. The summed E-state index contributed by atoms with van der Waals surface area (Å²) in [5.41, 5.74) is 1.61. The van der Waals surface area contributed by atoms with E-state index in [1.54, 1.807) is 6.20 Å². The Bertz CT molecular complexity index is 1250. The van der Waals surface area contributed by atoms with Crippen LogP contribution in [0.5, 0.6) is 0 Å². The first-order valence-electron chi connectivity index (χ1n) is 12.1. The highest BCUT2D eigenvalue weighted by Crippen LogP contribution is 2.42. The third-order valence-corrected chi connectivity index (χ3v) is 7.52. The van der Waals surface area contributed by atoms with Crippen molar-refractivity contribution >= 4 is 17.7 Å². The predicted octanol–water partition coefficient (Wildman–Crippen LogP) is 3.86. The molecule has 7 heteroatoms. The lowest BCUT2D eigenvalue weighted by atomic mass is 9.75. The summed E-state index contributed by atoms with van der Waals surface area (Å²) in [4.78, 5) is 47.5. The molecule has 0 N–H and O–H groups in total. The monoisotopic (exact) mass is 470 g/mol. The zero-order chi connectivity index (χ0) is 24.6. The minimum Gasteiger partial charge on any atom is -0.336 e. The molecule has 2 atom stereocenters. The second-order valence-electron chi connectivity index (χ2n) is 9.63. The van der Waals surface area contributed by atoms with E-state index >= 15 is 0 Å². The maximum Gasteiger partial charge on any atom is 0.240 e. The quantitative estimate of drug-likeness (QED) is 0.531. The fourth-order valence-corrected chi connectivity index (χ4v) is 5.52. The Morgan fingerprint density at radius 1 is 1.00 bits per heavy atom. The minimum atomic E-state index is -1.19. The third kappa shape index (κ3) is 4.05. The van der Waals surface area contributed by atoms with Gasteiger partial charge in [0.05, 0.1) is 11.5 Å². The molecule has 0 saturated carbocycles. The van der Waals surface area contributed by atoms with Crippen LogP contribution in [-0.2, 0) is 26.8 Å². The third-order valence-electron chi connectivity index (χ3n) is 7.52. The van der Waals surface area contributed by atoms with E-state index in [0.717, 1.165) is 36.2 Å². The van der Waals surface area contributed by atoms with Gasteiger partial charge in [-0.2, -0.15) is 0 Å². The Balaban J connectivity index is 1.48. The second-order valence-corrected chi connectivity index (χ2v) is 9.63. The Morgan fingerprint density at radius 2 is 1.71 bits per heavy atom. The predicted molar refractivity (Wildman–Crippen MR) is 132 cm³/mol. The Hall–Kier alpha value is -3.74. The van der Waals surface area contributed by atoms with Gasteiger partial charge in [0.2, 0.25) is 17.7 Å². The number of imidazole rings is 1. The molecule has 1 aromatic heterocycles. The normalized spacial score (nSPS) is 22.6. The number of aryl methyl sites for hydroxylation is 1. The first kappa shape index (κ1) is 23.0. The molecule has 7 nitrogen and oxygen atoms in total. The van der Waals surface area contributed by atoms with Crippen molar-refractivity contribution in [3.8, 4) is 11.1 Å². The molecule has 35 heavy (non-hydrogen) atoms. The lowest BCUT2D eigenvalue weighted by Crippen LogP contribution is -2.45. The topological polar surface area (TPSA) is 75.5 Å². The van der Waals surface area contributed by atoms with Gasteiger partial charge >= 0.3 is 0 Å². The molecule has 2 aromatic carbocycles. The largest absolute Gasteiger partial charge is 0.336 e. The van der Waals surface area contributed by atoms with Gasteiger partial charge in [-0.25, -0.2) is 4.98 Å². The maximum absolute atomic E-state index is 13.8. The van der Waals surface area contributed by atoms with Gasteiger partial charge in [0, 0.05) is 45.9 Å². The molecule has 3 amide bonds. The molecule has 3 aromatic rings. The van der Waals surface area contributed by atoms with E-state index < -0.39 is 5.41 Å². The van der Waals surface area contributed by atoms with Gasteiger partial charge in [0.15, 0.2) is 0 Å². The molecule has 2 aliphatic heterocycles. The zero-order valence-corrected chi connectivity index (χ0v) is 20.2. The number of rotatable bonds is 5. The van der Waals surface area contributed by atoms with Crippen LogP contribution in [-0.4, -0.2) is 50.7 Å². The fraction of sp³-hybridized carbons (Fsp3) is 0.357. The molecule has 5 rings (SSSR count). The number of likely N-dealkylation sites (tertiary alicyclic amines) is 2. The number of hydrogen-bond acceptors (Lipinski definition) is 4. The Kier molecular flexibility index (Phi) is 6.01. The van der Waals surface area contributed by atoms with E-state index in [0.29, 0.717) is 12.1 Å². The average molecular weight is 471 g/mol. The number of nitrogens with zero attached hydrogens (tertiary/aromatic N) is 4. The van der Waals surface area contributed by atoms with Crippen LogP contribution in [0.2, 0.25) is 0 Å². The molecule has 2 saturated heterocycles. The highest BCUT2D eigenvalue weighted by atomic mass is 16.2. The lowest BCUT2D eigenvalue weighted by Gasteiger charge is -2.37. The summed E-state index contributed by atoms with van der Waals surface area (Å²) in [6.07, 6.45) is 6.37. The van der Waals surface area contributed by atoms with Gasteiger partial charge in [-0.3, -0.25) is 19.3 Å². The van der Waals surface area contributed by atoms with Crippen LogP contribution in [0, 0.1) is 0 Å². The van der Waals surface area contributed by atoms with Crippen molar-refractivity contribution in [2.24, 2.45) is 7.05 Å². The summed E-state index contributed by atoms with van der Waals surface area (Å²) in [6, 6.07) is 17.6. The van der Waals surface area contributed by atoms with E-state index in [-0.39, 0.29) is 36.6 Å². The number of carbonyl (C=O) groups is 3. The van der Waals surface area contributed by atoms with Crippen molar-refractivity contribution in [3.05, 3.63) is 78.4 Å². The molecule has 0 radical (unpaired) electrons. The van der Waals surface area contributed by atoms with E-state index in [1.165, 1.54) is 11.9 Å². The van der Waals surface area contributed by atoms with Crippen LogP contribution in [0.3, 0.4) is 0 Å². The summed E-state index contributed by atoms with van der Waals surface area (Å²) in [5.74, 6) is 0.176. The molecular weight excluding hydrogens is 440 g/mol. The van der Waals surface area contributed by atoms with Crippen molar-refractivity contribution in [3.63, 3.8) is 0 Å². The van der Waals surface area contributed by atoms with Crippen LogP contribution in [0.15, 0.2) is 67.0 Å². The van der Waals surface area contributed by atoms with Gasteiger partial charge in [-0.1, -0.05) is 54.6 Å². The van der Waals surface area contributed by atoms with Gasteiger partial charge in [-0.15, -0.1) is 0 Å². The maximum atomic E-state index is 13.8. The second kappa shape index (κ2) is 9.13. The van der Waals surface area contributed by atoms with E-state index in [2.05, 4.69) is 4.98 Å². The van der Waals surface area contributed by atoms with Crippen LogP contribution >= 0.6 is 0 Å². The number of imide groups is 1. The number of piperidine rings is 1. The van der Waals surface area contributed by atoms with Crippen molar-refractivity contribution in [1.29, 1.82) is 0 Å². The molecular formula is C28H30N4O3. The zero-order valence-electron chi connectivity index (χ0n) is 20.2. The fourth-order valence-electron chi connectivity index (χ4n) is 5.52. The first-order valence-corrected chi connectivity index (χ1v) is 12.1. The summed E-state index contributed by atoms with van der Waals surface area (Å²) in [5, 5.41) is 0. The SMILES string of the molecule is CN1C(=O)C[C@@](CC(=O)N2CCCC[C@@H]2c2nccn2C)(c2ccc(-c3ccccc3)cc2)C1=O. The van der Waals surface area contributed by atoms with Gasteiger partial charge < -0.3 is 9.47 Å². The molecule has 0 spiro atoms. The highest BCUT2D eigenvalue weighted by molar-refractivity contribution is 6.10. The Labute approximate surface area is 205 Å². The van der Waals surface area contributed by atoms with Crippen LogP contribution in [0.1, 0.15) is 49.5 Å². The molecule has 2 aliphatic rings. The lowest BCUT2D eigenvalue weighted by molar-refractivity contribution is -0.143. The molecule has 0 unspecified atom stereocenters. The van der Waals surface area contributed by atoms with E-state index in [4.69, 9.17) is 0 Å². The summed E-state index contributed by atoms with van der Waals surface area (Å²) >= 11 is 0. The Morgan fingerprint density at radius 3 is 2.34 bits per heavy atom. The molecule has 0 aliphatic carbocycles. The summed E-state index contributed by atoms with van der Waals surface area (Å²) in [7, 11) is 3.44. The van der Waals surface area contributed by atoms with Crippen LogP contribution in [0.25, 0.3) is 11.1 Å². The van der Waals surface area contributed by atoms with Gasteiger partial charge in [-0.05, 0) is 36.0 Å². The molecule has 0 bridgehead atoms. The minimum absolute atomic E-state index is 0.000329.